The van der Waals surface area contributed by atoms with E-state index in [4.69, 9.17) is 0 Å². The van der Waals surface area contributed by atoms with E-state index >= 15 is 0 Å². The van der Waals surface area contributed by atoms with Gasteiger partial charge in [0.1, 0.15) is 0 Å². The smallest absolute Gasteiger partial charge is 0.0722 e. The number of anilines is 1. The third kappa shape index (κ3) is 2.22. The summed E-state index contributed by atoms with van der Waals surface area (Å²) in [6, 6.07) is 8.58. The van der Waals surface area contributed by atoms with E-state index in [1.54, 1.807) is 0 Å². The van der Waals surface area contributed by atoms with Gasteiger partial charge in [-0.3, -0.25) is 4.98 Å². The van der Waals surface area contributed by atoms with Crippen LogP contribution in [0.5, 0.6) is 0 Å². The van der Waals surface area contributed by atoms with Crippen LogP contribution in [-0.2, 0) is 0 Å². The van der Waals surface area contributed by atoms with Crippen molar-refractivity contribution >= 4 is 22.2 Å². The normalized spacial score (nSPS) is 18.6. The van der Waals surface area contributed by atoms with Gasteiger partial charge in [0.15, 0.2) is 0 Å². The Labute approximate surface area is 120 Å². The molecule has 1 aliphatic rings. The van der Waals surface area contributed by atoms with E-state index < -0.39 is 0 Å². The highest BCUT2D eigenvalue weighted by atomic mass is 14.8. The molecule has 1 unspecified atom stereocenters. The van der Waals surface area contributed by atoms with Crippen molar-refractivity contribution in [2.24, 2.45) is 5.92 Å². The summed E-state index contributed by atoms with van der Waals surface area (Å²) in [7, 11) is 1.93. The van der Waals surface area contributed by atoms with Crippen molar-refractivity contribution in [2.75, 3.05) is 12.4 Å². The molecule has 0 saturated carbocycles. The molecule has 0 fully saturated rings. The number of fused-ring (bicyclic) bond motifs is 1. The van der Waals surface area contributed by atoms with E-state index in [-0.39, 0.29) is 0 Å². The number of rotatable bonds is 2. The van der Waals surface area contributed by atoms with Crippen LogP contribution in [0.15, 0.2) is 48.2 Å². The number of hydrogen-bond donors (Lipinski definition) is 1. The molecule has 1 N–H and O–H groups in total. The zero-order chi connectivity index (χ0) is 14.1. The van der Waals surface area contributed by atoms with Crippen LogP contribution in [0.2, 0.25) is 0 Å². The van der Waals surface area contributed by atoms with Crippen molar-refractivity contribution in [1.29, 1.82) is 0 Å². The van der Waals surface area contributed by atoms with Crippen molar-refractivity contribution < 1.29 is 0 Å². The van der Waals surface area contributed by atoms with Crippen LogP contribution >= 0.6 is 0 Å². The fraction of sp³-hybridized carbons (Fsp3) is 0.278. The second-order valence-electron chi connectivity index (χ2n) is 5.52. The summed E-state index contributed by atoms with van der Waals surface area (Å²) in [5.74, 6) is 0.566. The first-order valence-electron chi connectivity index (χ1n) is 7.14. The van der Waals surface area contributed by atoms with E-state index in [0.29, 0.717) is 5.92 Å². The Morgan fingerprint density at radius 2 is 2.10 bits per heavy atom. The molecule has 2 heteroatoms. The molecule has 1 aliphatic carbocycles. The van der Waals surface area contributed by atoms with Gasteiger partial charge in [-0.05, 0) is 54.2 Å². The van der Waals surface area contributed by atoms with Crippen molar-refractivity contribution in [3.63, 3.8) is 0 Å². The maximum atomic E-state index is 4.64. The van der Waals surface area contributed by atoms with Gasteiger partial charge in [-0.25, -0.2) is 0 Å². The lowest BCUT2D eigenvalue weighted by molar-refractivity contribution is 0.751. The molecule has 0 amide bonds. The minimum absolute atomic E-state index is 0.566. The molecular weight excluding hydrogens is 244 g/mol. The first-order valence-corrected chi connectivity index (χ1v) is 7.14. The van der Waals surface area contributed by atoms with Crippen LogP contribution in [0.1, 0.15) is 25.8 Å². The van der Waals surface area contributed by atoms with Crippen LogP contribution < -0.4 is 5.32 Å². The second kappa shape index (κ2) is 5.12. The Morgan fingerprint density at radius 1 is 1.25 bits per heavy atom. The van der Waals surface area contributed by atoms with E-state index in [1.807, 2.05) is 13.2 Å². The molecule has 0 radical (unpaired) electrons. The fourth-order valence-corrected chi connectivity index (χ4v) is 2.98. The van der Waals surface area contributed by atoms with Gasteiger partial charge in [0.2, 0.25) is 0 Å². The average Bonchev–Trinajstić information content (AvgIpc) is 2.46. The molecule has 1 atom stereocenters. The van der Waals surface area contributed by atoms with Gasteiger partial charge in [0, 0.05) is 24.3 Å². The van der Waals surface area contributed by atoms with Crippen molar-refractivity contribution in [1.82, 2.24) is 4.98 Å². The topological polar surface area (TPSA) is 24.9 Å². The van der Waals surface area contributed by atoms with Gasteiger partial charge in [0.05, 0.1) is 5.52 Å². The Kier molecular flexibility index (Phi) is 3.31. The zero-order valence-corrected chi connectivity index (χ0v) is 12.3. The van der Waals surface area contributed by atoms with Crippen LogP contribution in [0.4, 0.5) is 5.69 Å². The molecule has 2 nitrogen and oxygen atoms in total. The Bertz CT molecular complexity index is 710. The largest absolute Gasteiger partial charge is 0.388 e. The summed E-state index contributed by atoms with van der Waals surface area (Å²) in [6.07, 6.45) is 7.61. The minimum Gasteiger partial charge on any atom is -0.388 e. The highest BCUT2D eigenvalue weighted by Gasteiger charge is 2.16. The average molecular weight is 264 g/mol. The predicted molar refractivity (Wildman–Crippen MR) is 86.8 cm³/mol. The van der Waals surface area contributed by atoms with Gasteiger partial charge < -0.3 is 5.32 Å². The number of allylic oxidation sites excluding steroid dienone is 4. The predicted octanol–water partition coefficient (Wildman–Crippen LogP) is 4.65. The maximum Gasteiger partial charge on any atom is 0.0722 e. The monoisotopic (exact) mass is 264 g/mol. The Balaban J connectivity index is 2.11. The maximum absolute atomic E-state index is 4.64. The molecule has 1 heterocycles. The molecule has 20 heavy (non-hydrogen) atoms. The summed E-state index contributed by atoms with van der Waals surface area (Å²) < 4.78 is 0. The van der Waals surface area contributed by atoms with Crippen molar-refractivity contribution in [3.05, 3.63) is 53.8 Å². The Morgan fingerprint density at radius 3 is 2.85 bits per heavy atom. The first-order chi connectivity index (χ1) is 9.69. The molecule has 0 bridgehead atoms. The lowest BCUT2D eigenvalue weighted by atomic mass is 9.85. The van der Waals surface area contributed by atoms with Gasteiger partial charge in [-0.15, -0.1) is 0 Å². The second-order valence-corrected chi connectivity index (χ2v) is 5.52. The summed E-state index contributed by atoms with van der Waals surface area (Å²) in [4.78, 5) is 4.64. The first kappa shape index (κ1) is 12.9. The SMILES string of the molecule is CNc1ccc2cc(C3=C(C)C=CCC3C)cnc2c1. The lowest BCUT2D eigenvalue weighted by Gasteiger charge is -2.21. The summed E-state index contributed by atoms with van der Waals surface area (Å²) in [5.41, 5.74) is 6.18. The van der Waals surface area contributed by atoms with Crippen LogP contribution in [0, 0.1) is 5.92 Å². The third-order valence-corrected chi connectivity index (χ3v) is 4.06. The molecule has 0 saturated heterocycles. The summed E-state index contributed by atoms with van der Waals surface area (Å²) in [5, 5.41) is 4.35. The van der Waals surface area contributed by atoms with Gasteiger partial charge in [-0.1, -0.05) is 25.1 Å². The highest BCUT2D eigenvalue weighted by molar-refractivity contribution is 5.86. The zero-order valence-electron chi connectivity index (χ0n) is 12.3. The van der Waals surface area contributed by atoms with E-state index in [2.05, 4.69) is 60.6 Å². The molecular formula is C18H20N2. The molecule has 0 aliphatic heterocycles. The standard InChI is InChI=1S/C18H20N2/c1-12-5-4-6-13(2)18(12)15-9-14-7-8-16(19-3)10-17(14)20-11-15/h4-5,7-11,13,19H,6H2,1-3H3. The van der Waals surface area contributed by atoms with E-state index in [0.717, 1.165) is 17.6 Å². The van der Waals surface area contributed by atoms with Crippen LogP contribution in [0.25, 0.3) is 16.5 Å². The molecule has 1 aromatic heterocycles. The number of nitrogens with one attached hydrogen (secondary N) is 1. The highest BCUT2D eigenvalue weighted by Crippen LogP contribution is 2.34. The van der Waals surface area contributed by atoms with E-state index in [1.165, 1.54) is 22.1 Å². The third-order valence-electron chi connectivity index (χ3n) is 4.06. The van der Waals surface area contributed by atoms with Crippen molar-refractivity contribution in [3.8, 4) is 0 Å². The van der Waals surface area contributed by atoms with Gasteiger partial charge in [-0.2, -0.15) is 0 Å². The molecule has 1 aromatic carbocycles. The number of benzene rings is 1. The van der Waals surface area contributed by atoms with E-state index in [9.17, 15) is 0 Å². The molecule has 0 spiro atoms. The quantitative estimate of drug-likeness (QED) is 0.854. The summed E-state index contributed by atoms with van der Waals surface area (Å²) >= 11 is 0. The van der Waals surface area contributed by atoms with Crippen LogP contribution in [0.3, 0.4) is 0 Å². The van der Waals surface area contributed by atoms with Crippen LogP contribution in [-0.4, -0.2) is 12.0 Å². The lowest BCUT2D eigenvalue weighted by Crippen LogP contribution is -2.04. The number of hydrogen-bond acceptors (Lipinski definition) is 2. The Hall–Kier alpha value is -2.09. The van der Waals surface area contributed by atoms with Crippen molar-refractivity contribution in [2.45, 2.75) is 20.3 Å². The number of pyridine rings is 1. The number of nitrogens with zero attached hydrogens (tertiary/aromatic N) is 1. The fourth-order valence-electron chi connectivity index (χ4n) is 2.98. The molecule has 2 aromatic rings. The molecule has 3 rings (SSSR count). The minimum atomic E-state index is 0.566. The molecule has 102 valence electrons. The van der Waals surface area contributed by atoms with Gasteiger partial charge >= 0.3 is 0 Å². The van der Waals surface area contributed by atoms with Gasteiger partial charge in [0.25, 0.3) is 0 Å². The number of aromatic nitrogens is 1. The summed E-state index contributed by atoms with van der Waals surface area (Å²) in [6.45, 7) is 4.48.